The number of carbonyl (C=O) groups excluding carboxylic acids is 1. The number of amides is 1. The lowest BCUT2D eigenvalue weighted by Crippen LogP contribution is -2.36. The van der Waals surface area contributed by atoms with Crippen LogP contribution in [-0.4, -0.2) is 26.5 Å². The Hall–Kier alpha value is -4.07. The van der Waals surface area contributed by atoms with E-state index in [9.17, 15) is 14.0 Å². The second kappa shape index (κ2) is 9.05. The molecule has 0 atom stereocenters. The van der Waals surface area contributed by atoms with Crippen LogP contribution in [0.25, 0.3) is 21.9 Å². The summed E-state index contributed by atoms with van der Waals surface area (Å²) in [7, 11) is 1.59. The summed E-state index contributed by atoms with van der Waals surface area (Å²) in [6.45, 7) is 5.55. The molecule has 1 amide bonds. The minimum absolute atomic E-state index is 0.155. The lowest BCUT2D eigenvalue weighted by Gasteiger charge is -2.27. The van der Waals surface area contributed by atoms with E-state index in [1.807, 2.05) is 12.1 Å². The third-order valence-corrected chi connectivity index (χ3v) is 5.18. The predicted octanol–water partition coefficient (Wildman–Crippen LogP) is 5.08. The molecule has 0 saturated carbocycles. The average molecular weight is 461 g/mol. The molecule has 0 saturated heterocycles. The number of pyridine rings is 1. The van der Waals surface area contributed by atoms with E-state index < -0.39 is 11.7 Å². The fourth-order valence-corrected chi connectivity index (χ4v) is 3.47. The summed E-state index contributed by atoms with van der Waals surface area (Å²) in [5, 5.41) is 5.20. The number of nitrogens with zero attached hydrogens (tertiary/aromatic N) is 4. The Balaban J connectivity index is 1.67. The van der Waals surface area contributed by atoms with Gasteiger partial charge >= 0.3 is 6.09 Å². The van der Waals surface area contributed by atoms with Gasteiger partial charge in [-0.05, 0) is 62.7 Å². The van der Waals surface area contributed by atoms with E-state index in [1.165, 1.54) is 21.7 Å². The Morgan fingerprint density at radius 2 is 1.74 bits per heavy atom. The number of aryl methyl sites for hydroxylation is 1. The molecule has 0 aliphatic carbocycles. The zero-order valence-corrected chi connectivity index (χ0v) is 19.4. The van der Waals surface area contributed by atoms with Crippen molar-refractivity contribution in [2.75, 3.05) is 4.90 Å². The monoisotopic (exact) mass is 460 g/mol. The standard InChI is InChI=1S/C26H25FN4O3/c1-26(2,3)34-25(33)31(22-11-12-23-19(13-22)15-29-30(4)24(23)32)16-21-10-7-18(14-28-21)17-5-8-20(27)9-6-17/h5-15H,16H2,1-4H3. The maximum Gasteiger partial charge on any atom is 0.415 e. The number of carbonyl (C=O) groups is 1. The van der Waals surface area contributed by atoms with Crippen LogP contribution in [0.15, 0.2) is 71.8 Å². The van der Waals surface area contributed by atoms with Crippen LogP contribution in [0, 0.1) is 5.82 Å². The minimum atomic E-state index is -0.691. The molecular weight excluding hydrogens is 435 g/mol. The largest absolute Gasteiger partial charge is 0.443 e. The number of aromatic nitrogens is 3. The Morgan fingerprint density at radius 1 is 1.03 bits per heavy atom. The fourth-order valence-electron chi connectivity index (χ4n) is 3.47. The highest BCUT2D eigenvalue weighted by molar-refractivity contribution is 5.92. The summed E-state index contributed by atoms with van der Waals surface area (Å²) in [5.41, 5.74) is 1.96. The normalized spacial score (nSPS) is 11.4. The van der Waals surface area contributed by atoms with Crippen molar-refractivity contribution in [3.8, 4) is 11.1 Å². The van der Waals surface area contributed by atoms with Crippen molar-refractivity contribution in [1.82, 2.24) is 14.8 Å². The molecule has 174 valence electrons. The van der Waals surface area contributed by atoms with Crippen LogP contribution in [0.1, 0.15) is 26.5 Å². The quantitative estimate of drug-likeness (QED) is 0.425. The van der Waals surface area contributed by atoms with Gasteiger partial charge in [-0.25, -0.2) is 13.9 Å². The highest BCUT2D eigenvalue weighted by Gasteiger charge is 2.24. The summed E-state index contributed by atoms with van der Waals surface area (Å²) in [6, 6.07) is 15.0. The number of ether oxygens (including phenoxy) is 1. The van der Waals surface area contributed by atoms with Crippen molar-refractivity contribution in [1.29, 1.82) is 0 Å². The first-order valence-corrected chi connectivity index (χ1v) is 10.8. The van der Waals surface area contributed by atoms with Gasteiger partial charge in [0.15, 0.2) is 0 Å². The van der Waals surface area contributed by atoms with Crippen LogP contribution in [0.2, 0.25) is 0 Å². The summed E-state index contributed by atoms with van der Waals surface area (Å²) >= 11 is 0. The van der Waals surface area contributed by atoms with Gasteiger partial charge in [-0.15, -0.1) is 0 Å². The van der Waals surface area contributed by atoms with Crippen LogP contribution < -0.4 is 10.5 Å². The zero-order chi connectivity index (χ0) is 24.5. The predicted molar refractivity (Wildman–Crippen MR) is 129 cm³/mol. The number of hydrogen-bond acceptors (Lipinski definition) is 5. The molecule has 0 bridgehead atoms. The summed E-state index contributed by atoms with van der Waals surface area (Å²) in [5.74, 6) is -0.301. The zero-order valence-electron chi connectivity index (χ0n) is 19.4. The average Bonchev–Trinajstić information content (AvgIpc) is 2.79. The van der Waals surface area contributed by atoms with Gasteiger partial charge in [-0.2, -0.15) is 5.10 Å². The Bertz CT molecular complexity index is 1390. The third-order valence-electron chi connectivity index (χ3n) is 5.18. The highest BCUT2D eigenvalue weighted by Crippen LogP contribution is 2.25. The molecule has 4 aromatic rings. The van der Waals surface area contributed by atoms with Gasteiger partial charge in [-0.3, -0.25) is 14.7 Å². The Labute approximate surface area is 196 Å². The first-order chi connectivity index (χ1) is 16.1. The van der Waals surface area contributed by atoms with Crippen molar-refractivity contribution in [2.45, 2.75) is 32.9 Å². The van der Waals surface area contributed by atoms with Crippen molar-refractivity contribution in [2.24, 2.45) is 7.05 Å². The molecule has 2 aromatic heterocycles. The van der Waals surface area contributed by atoms with Gasteiger partial charge in [0.2, 0.25) is 0 Å². The van der Waals surface area contributed by atoms with Gasteiger partial charge in [0.25, 0.3) is 5.56 Å². The lowest BCUT2D eigenvalue weighted by molar-refractivity contribution is 0.0577. The SMILES string of the molecule is Cn1ncc2cc(N(Cc3ccc(-c4ccc(F)cc4)cn3)C(=O)OC(C)(C)C)ccc2c1=O. The summed E-state index contributed by atoms with van der Waals surface area (Å²) in [4.78, 5) is 31.4. The Morgan fingerprint density at radius 3 is 2.38 bits per heavy atom. The van der Waals surface area contributed by atoms with Gasteiger partial charge < -0.3 is 4.74 Å². The molecule has 0 radical (unpaired) electrons. The van der Waals surface area contributed by atoms with Crippen molar-refractivity contribution >= 4 is 22.6 Å². The molecule has 0 unspecified atom stereocenters. The van der Waals surface area contributed by atoms with Gasteiger partial charge in [0.1, 0.15) is 11.4 Å². The van der Waals surface area contributed by atoms with Gasteiger partial charge in [-0.1, -0.05) is 18.2 Å². The summed E-state index contributed by atoms with van der Waals surface area (Å²) < 4.78 is 20.1. The molecule has 8 heteroatoms. The topological polar surface area (TPSA) is 77.3 Å². The molecule has 2 aromatic carbocycles. The number of benzene rings is 2. The molecule has 7 nitrogen and oxygen atoms in total. The van der Waals surface area contributed by atoms with E-state index in [2.05, 4.69) is 10.1 Å². The molecule has 0 aliphatic rings. The number of fused-ring (bicyclic) bond motifs is 1. The van der Waals surface area contributed by atoms with E-state index in [-0.39, 0.29) is 17.9 Å². The minimum Gasteiger partial charge on any atom is -0.443 e. The smallest absolute Gasteiger partial charge is 0.415 e. The third kappa shape index (κ3) is 5.11. The first kappa shape index (κ1) is 23.1. The van der Waals surface area contributed by atoms with Crippen LogP contribution >= 0.6 is 0 Å². The van der Waals surface area contributed by atoms with E-state index in [0.717, 1.165) is 11.1 Å². The van der Waals surface area contributed by atoms with E-state index >= 15 is 0 Å². The Kier molecular flexibility index (Phi) is 6.15. The molecule has 2 heterocycles. The maximum absolute atomic E-state index is 13.2. The van der Waals surface area contributed by atoms with Crippen LogP contribution in [0.4, 0.5) is 14.9 Å². The molecule has 0 spiro atoms. The molecule has 34 heavy (non-hydrogen) atoms. The number of halogens is 1. The lowest BCUT2D eigenvalue weighted by atomic mass is 10.1. The second-order valence-electron chi connectivity index (χ2n) is 8.96. The molecule has 4 rings (SSSR count). The van der Waals surface area contributed by atoms with Gasteiger partial charge in [0, 0.05) is 29.9 Å². The van der Waals surface area contributed by atoms with Crippen LogP contribution in [0.5, 0.6) is 0 Å². The van der Waals surface area contributed by atoms with Crippen LogP contribution in [0.3, 0.4) is 0 Å². The van der Waals surface area contributed by atoms with E-state index in [4.69, 9.17) is 4.74 Å². The number of rotatable bonds is 4. The molecule has 0 N–H and O–H groups in total. The maximum atomic E-state index is 13.2. The van der Waals surface area contributed by atoms with Crippen LogP contribution in [-0.2, 0) is 18.3 Å². The van der Waals surface area contributed by atoms with Crippen molar-refractivity contribution < 1.29 is 13.9 Å². The van der Waals surface area contributed by atoms with Crippen molar-refractivity contribution in [3.63, 3.8) is 0 Å². The van der Waals surface area contributed by atoms with E-state index in [1.54, 1.807) is 70.5 Å². The van der Waals surface area contributed by atoms with Crippen molar-refractivity contribution in [3.05, 3.63) is 88.9 Å². The number of hydrogen-bond donors (Lipinski definition) is 0. The summed E-state index contributed by atoms with van der Waals surface area (Å²) in [6.07, 6.45) is 2.74. The van der Waals surface area contributed by atoms with Gasteiger partial charge in [0.05, 0.1) is 23.8 Å². The second-order valence-corrected chi connectivity index (χ2v) is 8.96. The molecule has 0 fully saturated rings. The fraction of sp³-hybridized carbons (Fsp3) is 0.231. The number of anilines is 1. The molecular formula is C26H25FN4O3. The first-order valence-electron chi connectivity index (χ1n) is 10.8. The molecule has 0 aliphatic heterocycles. The van der Waals surface area contributed by atoms with E-state index in [0.29, 0.717) is 22.2 Å². The highest BCUT2D eigenvalue weighted by atomic mass is 19.1.